The molecule has 4 N–H and O–H groups in total. The van der Waals surface area contributed by atoms with Crippen molar-refractivity contribution in [1.29, 1.82) is 0 Å². The molecule has 75 heavy (non-hydrogen) atoms. The lowest BCUT2D eigenvalue weighted by atomic mass is 9.79. The number of rotatable bonds is 19. The number of hydrogen-bond donors (Lipinski definition) is 4. The maximum atomic E-state index is 15.3. The summed E-state index contributed by atoms with van der Waals surface area (Å²) in [5, 5.41) is 37.2. The van der Waals surface area contributed by atoms with Crippen LogP contribution in [0.25, 0.3) is 0 Å². The highest BCUT2D eigenvalue weighted by Crippen LogP contribution is 2.36. The van der Waals surface area contributed by atoms with Gasteiger partial charge in [-0.25, -0.2) is 9.18 Å². The van der Waals surface area contributed by atoms with Crippen molar-refractivity contribution in [2.75, 3.05) is 66.1 Å². The van der Waals surface area contributed by atoms with Crippen LogP contribution in [0, 0.1) is 29.5 Å². The van der Waals surface area contributed by atoms with Crippen molar-refractivity contribution in [2.24, 2.45) is 23.7 Å². The standard InChI is InChI=1S/C53H80FN3O18/c1-12-41-35(27-70-52-50(67-11)49(66-10)45(63)31(5)71-52)21-28(2)13-15-39(60)29(3)22-34(17-18-58)47(30(4)40(61)24-43(62)74-41)75-51-46(64)44(56(8)9)48(32(6)72-51)69-20-19-68-42-16-14-36(23-38(42)54)57-26-37(73-53(57)65)25-55-33(7)59/h13-16,18,21,23,29-32,34-35,37,40-41,44-52,61,63-64H,12,17,19-20,22,24-27H2,1-11H3,(H,55,59)/b15-13+,28-21+/t29-,30+,31+,32-,34+,35-,37-,40-,41-,44-,45+,46-,47-,48?,49+,50+,51+,52+/m1/s1. The molecular weight excluding hydrogens is 986 g/mol. The van der Waals surface area contributed by atoms with E-state index in [2.05, 4.69) is 5.32 Å². The maximum Gasteiger partial charge on any atom is 0.414 e. The molecule has 1 aromatic carbocycles. The Kier molecular flexibility index (Phi) is 23.6. The normalized spacial score (nSPS) is 36.6. The van der Waals surface area contributed by atoms with Crippen LogP contribution in [0.4, 0.5) is 14.9 Å². The van der Waals surface area contributed by atoms with Crippen LogP contribution in [0.15, 0.2) is 42.0 Å². The summed E-state index contributed by atoms with van der Waals surface area (Å²) >= 11 is 0. The van der Waals surface area contributed by atoms with Crippen molar-refractivity contribution in [3.05, 3.63) is 47.8 Å². The number of halogens is 1. The number of allylic oxidation sites excluding steroid dienone is 3. The molecule has 3 fully saturated rings. The average molecular weight is 1070 g/mol. The van der Waals surface area contributed by atoms with E-state index in [4.69, 9.17) is 47.4 Å². The lowest BCUT2D eigenvalue weighted by Crippen LogP contribution is -2.64. The number of nitrogens with one attached hydrogen (secondary N) is 1. The zero-order valence-corrected chi connectivity index (χ0v) is 45.0. The van der Waals surface area contributed by atoms with E-state index in [-0.39, 0.29) is 68.9 Å². The smallest absolute Gasteiger partial charge is 0.414 e. The van der Waals surface area contributed by atoms with Crippen LogP contribution in [-0.2, 0) is 61.8 Å². The van der Waals surface area contributed by atoms with Gasteiger partial charge in [-0.05, 0) is 71.8 Å². The molecule has 422 valence electrons. The number of aliphatic hydroxyl groups is 3. The number of carbonyl (C=O) groups excluding carboxylic acids is 5. The zero-order chi connectivity index (χ0) is 55.3. The molecule has 0 aromatic heterocycles. The van der Waals surface area contributed by atoms with Gasteiger partial charge in [0.15, 0.2) is 29.9 Å². The van der Waals surface area contributed by atoms with Crippen molar-refractivity contribution in [3.8, 4) is 5.75 Å². The van der Waals surface area contributed by atoms with Gasteiger partial charge in [0, 0.05) is 51.4 Å². The third-order valence-corrected chi connectivity index (χ3v) is 14.4. The van der Waals surface area contributed by atoms with Gasteiger partial charge in [0.1, 0.15) is 55.6 Å². The lowest BCUT2D eigenvalue weighted by Gasteiger charge is -2.48. The third-order valence-electron chi connectivity index (χ3n) is 14.4. The number of benzene rings is 1. The molecule has 4 heterocycles. The van der Waals surface area contributed by atoms with Crippen LogP contribution < -0.4 is 15.0 Å². The van der Waals surface area contributed by atoms with Crippen LogP contribution in [-0.4, -0.2) is 197 Å². The van der Waals surface area contributed by atoms with E-state index in [1.54, 1.807) is 59.7 Å². The number of aldehydes is 1. The summed E-state index contributed by atoms with van der Waals surface area (Å²) in [6.45, 7) is 11.8. The van der Waals surface area contributed by atoms with Crippen LogP contribution in [0.3, 0.4) is 0 Å². The van der Waals surface area contributed by atoms with Gasteiger partial charge in [0.25, 0.3) is 0 Å². The molecule has 22 heteroatoms. The molecule has 0 spiro atoms. The summed E-state index contributed by atoms with van der Waals surface area (Å²) in [7, 11) is 6.39. The first-order valence-electron chi connectivity index (χ1n) is 25.8. The fourth-order valence-electron chi connectivity index (χ4n) is 10.2. The molecular formula is C53H80FN3O18. The highest BCUT2D eigenvalue weighted by molar-refractivity contribution is 5.92. The molecule has 0 radical (unpaired) electrons. The lowest BCUT2D eigenvalue weighted by molar-refractivity contribution is -0.309. The SMILES string of the molecule is CC[C@H]1OC(=O)C[C@@H](O)[C@H](C)[C@@H](O[C@@H]2O[C@H](C)C(OCCOc3ccc(N4C[C@@H](CNC(C)=O)OC4=O)cc3F)[C@H](N(C)C)[C@H]2O)[C@@H](CC=O)C[C@@H](C)C(=O)/C=C/C(C)=C/[C@@H]1CO[C@H]1O[C@@H](C)[C@H](O)[C@H](OC)[C@@H]1OC. The van der Waals surface area contributed by atoms with Crippen molar-refractivity contribution < 1.29 is 91.1 Å². The maximum absolute atomic E-state index is 15.3. The monoisotopic (exact) mass is 1070 g/mol. The number of ketones is 1. The molecule has 4 aliphatic heterocycles. The number of likely N-dealkylation sites (N-methyl/N-ethyl adjacent to an activating group) is 1. The Hall–Kier alpha value is -4.46. The number of amides is 2. The Morgan fingerprint density at radius 3 is 2.27 bits per heavy atom. The second-order valence-electron chi connectivity index (χ2n) is 20.2. The van der Waals surface area contributed by atoms with Crippen LogP contribution >= 0.6 is 0 Å². The van der Waals surface area contributed by atoms with Gasteiger partial charge in [-0.2, -0.15) is 0 Å². The molecule has 0 saturated carbocycles. The predicted octanol–water partition coefficient (Wildman–Crippen LogP) is 3.27. The molecule has 2 amide bonds. The van der Waals surface area contributed by atoms with Gasteiger partial charge in [-0.3, -0.25) is 19.3 Å². The highest BCUT2D eigenvalue weighted by atomic mass is 19.1. The molecule has 1 unspecified atom stereocenters. The Morgan fingerprint density at radius 1 is 0.920 bits per heavy atom. The van der Waals surface area contributed by atoms with Crippen LogP contribution in [0.1, 0.15) is 74.1 Å². The number of methoxy groups -OCH3 is 2. The third kappa shape index (κ3) is 16.3. The second-order valence-corrected chi connectivity index (χ2v) is 20.2. The number of nitrogens with zero attached hydrogens (tertiary/aromatic N) is 2. The number of esters is 1. The van der Waals surface area contributed by atoms with E-state index >= 15 is 4.39 Å². The summed E-state index contributed by atoms with van der Waals surface area (Å²) < 4.78 is 75.0. The summed E-state index contributed by atoms with van der Waals surface area (Å²) in [6, 6.07) is 3.29. The number of ether oxygens (including phenoxy) is 10. The molecule has 0 aliphatic carbocycles. The molecule has 5 rings (SSSR count). The Labute approximate surface area is 439 Å². The van der Waals surface area contributed by atoms with Gasteiger partial charge in [0.2, 0.25) is 5.91 Å². The van der Waals surface area contributed by atoms with Gasteiger partial charge in [-0.15, -0.1) is 0 Å². The molecule has 0 bridgehead atoms. The summed E-state index contributed by atoms with van der Waals surface area (Å²) in [6.07, 6.45) is -7.20. The number of cyclic esters (lactones) is 2. The van der Waals surface area contributed by atoms with E-state index in [0.29, 0.717) is 18.3 Å². The van der Waals surface area contributed by atoms with Gasteiger partial charge in [-0.1, -0.05) is 38.5 Å². The number of carbonyl (C=O) groups is 5. The summed E-state index contributed by atoms with van der Waals surface area (Å²) in [5.41, 5.74) is 0.917. The number of hydrogen-bond acceptors (Lipinski definition) is 19. The van der Waals surface area contributed by atoms with E-state index in [1.165, 1.54) is 44.3 Å². The van der Waals surface area contributed by atoms with Gasteiger partial charge < -0.3 is 77.7 Å². The first-order chi connectivity index (χ1) is 35.6. The predicted molar refractivity (Wildman–Crippen MR) is 268 cm³/mol. The van der Waals surface area contributed by atoms with Crippen LogP contribution in [0.5, 0.6) is 5.75 Å². The number of aliphatic hydroxyl groups excluding tert-OH is 3. The summed E-state index contributed by atoms with van der Waals surface area (Å²) in [5.74, 6) is -4.82. The van der Waals surface area contributed by atoms with Gasteiger partial charge >= 0.3 is 12.1 Å². The molecule has 18 atom stereocenters. The van der Waals surface area contributed by atoms with Gasteiger partial charge in [0.05, 0.1) is 68.9 Å². The molecule has 21 nitrogen and oxygen atoms in total. The van der Waals surface area contributed by atoms with E-state index in [9.17, 15) is 39.3 Å². The van der Waals surface area contributed by atoms with Crippen molar-refractivity contribution in [1.82, 2.24) is 10.2 Å². The number of anilines is 1. The van der Waals surface area contributed by atoms with E-state index in [0.717, 1.165) is 6.07 Å². The molecule has 3 saturated heterocycles. The summed E-state index contributed by atoms with van der Waals surface area (Å²) in [4.78, 5) is 66.8. The first kappa shape index (κ1) is 61.4. The molecule has 1 aromatic rings. The van der Waals surface area contributed by atoms with Crippen molar-refractivity contribution in [3.63, 3.8) is 0 Å². The minimum Gasteiger partial charge on any atom is -0.488 e. The van der Waals surface area contributed by atoms with Crippen molar-refractivity contribution in [2.45, 2.75) is 160 Å². The fraction of sp³-hybridized carbons (Fsp3) is 0.717. The highest BCUT2D eigenvalue weighted by Gasteiger charge is 2.49. The quantitative estimate of drug-likeness (QED) is 0.0881. The van der Waals surface area contributed by atoms with E-state index in [1.807, 2.05) is 13.0 Å². The molecule has 4 aliphatic rings. The minimum atomic E-state index is -1.39. The largest absolute Gasteiger partial charge is 0.488 e. The zero-order valence-electron chi connectivity index (χ0n) is 45.0. The Bertz CT molecular complexity index is 2110. The Morgan fingerprint density at radius 2 is 1.63 bits per heavy atom. The average Bonchev–Trinajstić information content (AvgIpc) is 3.74. The second kappa shape index (κ2) is 28.8. The van der Waals surface area contributed by atoms with E-state index < -0.39 is 134 Å². The minimum absolute atomic E-state index is 0.0242. The fourth-order valence-corrected chi connectivity index (χ4v) is 10.2. The van der Waals surface area contributed by atoms with Crippen LogP contribution in [0.2, 0.25) is 0 Å². The Balaban J connectivity index is 1.29. The first-order valence-corrected chi connectivity index (χ1v) is 25.8. The topological polar surface area (TPSA) is 257 Å². The van der Waals surface area contributed by atoms with Crippen molar-refractivity contribution >= 4 is 35.7 Å².